The highest BCUT2D eigenvalue weighted by Gasteiger charge is 2.21. The van der Waals surface area contributed by atoms with Gasteiger partial charge in [-0.3, -0.25) is 4.68 Å². The van der Waals surface area contributed by atoms with Gasteiger partial charge >= 0.3 is 5.97 Å². The molecule has 0 radical (unpaired) electrons. The number of carbonyl (C=O) groups is 1. The first kappa shape index (κ1) is 13.9. The number of carboxylic acids is 1. The van der Waals surface area contributed by atoms with Crippen LogP contribution in [0, 0.1) is 12.7 Å². The molecule has 2 rings (SSSR count). The van der Waals surface area contributed by atoms with Gasteiger partial charge in [-0.15, -0.1) is 0 Å². The summed E-state index contributed by atoms with van der Waals surface area (Å²) in [6, 6.07) is 2.71. The zero-order chi connectivity index (χ0) is 15.0. The van der Waals surface area contributed by atoms with Crippen LogP contribution in [0.3, 0.4) is 0 Å². The number of hydrogen-bond acceptors (Lipinski definition) is 4. The van der Waals surface area contributed by atoms with E-state index >= 15 is 0 Å². The molecule has 1 aromatic heterocycles. The van der Waals surface area contributed by atoms with E-state index in [-0.39, 0.29) is 22.7 Å². The summed E-state index contributed by atoms with van der Waals surface area (Å²) in [5, 5.41) is 22.4. The van der Waals surface area contributed by atoms with Crippen molar-refractivity contribution in [3.8, 4) is 22.8 Å². The second kappa shape index (κ2) is 4.84. The average molecular weight is 280 g/mol. The second-order valence-electron chi connectivity index (χ2n) is 4.28. The molecule has 1 aromatic carbocycles. The first-order valence-electron chi connectivity index (χ1n) is 5.70. The van der Waals surface area contributed by atoms with Gasteiger partial charge in [-0.05, 0) is 24.6 Å². The maximum absolute atomic E-state index is 14.2. The first-order valence-corrected chi connectivity index (χ1v) is 5.70. The largest absolute Gasteiger partial charge is 0.502 e. The van der Waals surface area contributed by atoms with Crippen LogP contribution in [0.15, 0.2) is 12.1 Å². The Labute approximate surface area is 114 Å². The smallest absolute Gasteiger partial charge is 0.356 e. The number of aryl methyl sites for hydroxylation is 2. The molecule has 0 spiro atoms. The van der Waals surface area contributed by atoms with E-state index in [1.807, 2.05) is 0 Å². The third-order valence-electron chi connectivity index (χ3n) is 2.96. The van der Waals surface area contributed by atoms with Crippen molar-refractivity contribution in [1.29, 1.82) is 0 Å². The topological polar surface area (TPSA) is 84.6 Å². The van der Waals surface area contributed by atoms with Gasteiger partial charge in [0.15, 0.2) is 23.0 Å². The molecule has 0 aliphatic carbocycles. The molecule has 0 aliphatic heterocycles. The Bertz CT molecular complexity index is 694. The Hall–Kier alpha value is -2.57. The van der Waals surface area contributed by atoms with Crippen LogP contribution >= 0.6 is 0 Å². The summed E-state index contributed by atoms with van der Waals surface area (Å²) in [4.78, 5) is 10.9. The first-order chi connectivity index (χ1) is 9.36. The summed E-state index contributed by atoms with van der Waals surface area (Å²) >= 11 is 0. The van der Waals surface area contributed by atoms with Gasteiger partial charge in [0.05, 0.1) is 12.8 Å². The fraction of sp³-hybridized carbons (Fsp3) is 0.231. The number of phenols is 1. The van der Waals surface area contributed by atoms with E-state index in [9.17, 15) is 14.3 Å². The lowest BCUT2D eigenvalue weighted by Gasteiger charge is -2.11. The Kier molecular flexibility index (Phi) is 3.35. The maximum atomic E-state index is 14.2. The standard InChI is InChI=1S/C13H13FN2O4/c1-6-4-7(10(14)11(17)12(6)20-3)9-5-8(13(18)19)15-16(9)2/h4-5,17H,1-3H3,(H,18,19). The number of methoxy groups -OCH3 is 1. The minimum Gasteiger partial charge on any atom is -0.502 e. The number of aromatic hydroxyl groups is 1. The summed E-state index contributed by atoms with van der Waals surface area (Å²) < 4.78 is 20.3. The molecule has 2 aromatic rings. The highest BCUT2D eigenvalue weighted by Crippen LogP contribution is 2.38. The Morgan fingerprint density at radius 3 is 2.60 bits per heavy atom. The lowest BCUT2D eigenvalue weighted by Crippen LogP contribution is -2.00. The molecule has 1 heterocycles. The van der Waals surface area contributed by atoms with Crippen LogP contribution in [-0.2, 0) is 7.05 Å². The van der Waals surface area contributed by atoms with Crippen molar-refractivity contribution >= 4 is 5.97 Å². The van der Waals surface area contributed by atoms with Crippen molar-refractivity contribution in [2.24, 2.45) is 7.05 Å². The van der Waals surface area contributed by atoms with Crippen LogP contribution in [0.1, 0.15) is 16.1 Å². The lowest BCUT2D eigenvalue weighted by molar-refractivity contribution is 0.0689. The molecule has 0 fully saturated rings. The zero-order valence-electron chi connectivity index (χ0n) is 11.1. The van der Waals surface area contributed by atoms with Crippen molar-refractivity contribution in [1.82, 2.24) is 9.78 Å². The van der Waals surface area contributed by atoms with Crippen LogP contribution in [0.4, 0.5) is 4.39 Å². The van der Waals surface area contributed by atoms with Crippen LogP contribution in [0.5, 0.6) is 11.5 Å². The molecule has 0 saturated heterocycles. The van der Waals surface area contributed by atoms with Gasteiger partial charge in [-0.25, -0.2) is 9.18 Å². The predicted molar refractivity (Wildman–Crippen MR) is 68.5 cm³/mol. The number of carboxylic acid groups (broad SMARTS) is 1. The Morgan fingerprint density at radius 1 is 1.45 bits per heavy atom. The van der Waals surface area contributed by atoms with Gasteiger partial charge in [0, 0.05) is 12.6 Å². The Balaban J connectivity index is 2.67. The highest BCUT2D eigenvalue weighted by molar-refractivity contribution is 5.87. The lowest BCUT2D eigenvalue weighted by atomic mass is 10.1. The number of aromatic carboxylic acids is 1. The Morgan fingerprint density at radius 2 is 2.10 bits per heavy atom. The quantitative estimate of drug-likeness (QED) is 0.897. The minimum atomic E-state index is -1.21. The third-order valence-corrected chi connectivity index (χ3v) is 2.96. The summed E-state index contributed by atoms with van der Waals surface area (Å²) in [6.45, 7) is 1.65. The molecule has 6 nitrogen and oxygen atoms in total. The van der Waals surface area contributed by atoms with E-state index in [4.69, 9.17) is 9.84 Å². The monoisotopic (exact) mass is 280 g/mol. The van der Waals surface area contributed by atoms with Crippen molar-refractivity contribution < 1.29 is 24.1 Å². The molecule has 0 saturated carbocycles. The van der Waals surface area contributed by atoms with Crippen molar-refractivity contribution in [3.63, 3.8) is 0 Å². The molecule has 0 atom stereocenters. The van der Waals surface area contributed by atoms with Crippen molar-refractivity contribution in [2.45, 2.75) is 6.92 Å². The number of phenolic OH excluding ortho intramolecular Hbond substituents is 1. The van der Waals surface area contributed by atoms with Crippen molar-refractivity contribution in [3.05, 3.63) is 29.2 Å². The average Bonchev–Trinajstić information content (AvgIpc) is 2.77. The summed E-state index contributed by atoms with van der Waals surface area (Å²) in [7, 11) is 2.82. The molecule has 0 aliphatic rings. The van der Waals surface area contributed by atoms with E-state index in [0.29, 0.717) is 5.56 Å². The van der Waals surface area contributed by atoms with Crippen molar-refractivity contribution in [2.75, 3.05) is 7.11 Å². The molecular formula is C13H13FN2O4. The van der Waals surface area contributed by atoms with E-state index in [1.54, 1.807) is 6.92 Å². The van der Waals surface area contributed by atoms with Crippen LogP contribution in [-0.4, -0.2) is 33.1 Å². The summed E-state index contributed by atoms with van der Waals surface area (Å²) in [6.07, 6.45) is 0. The minimum absolute atomic E-state index is 0.0480. The predicted octanol–water partition coefficient (Wildman–Crippen LogP) is 1.95. The number of hydrogen-bond donors (Lipinski definition) is 2. The van der Waals surface area contributed by atoms with Crippen LogP contribution < -0.4 is 4.74 Å². The molecule has 2 N–H and O–H groups in total. The van der Waals surface area contributed by atoms with Gasteiger partial charge in [0.25, 0.3) is 0 Å². The van der Waals surface area contributed by atoms with Gasteiger partial charge in [0.1, 0.15) is 0 Å². The SMILES string of the molecule is COc1c(C)cc(-c2cc(C(=O)O)nn2C)c(F)c1O. The van der Waals surface area contributed by atoms with E-state index in [0.717, 1.165) is 0 Å². The third kappa shape index (κ3) is 2.07. The molecule has 7 heteroatoms. The second-order valence-corrected chi connectivity index (χ2v) is 4.28. The van der Waals surface area contributed by atoms with E-state index < -0.39 is 17.5 Å². The molecule has 0 unspecified atom stereocenters. The molecular weight excluding hydrogens is 267 g/mol. The van der Waals surface area contributed by atoms with Gasteiger partial charge in [0.2, 0.25) is 0 Å². The van der Waals surface area contributed by atoms with Crippen LogP contribution in [0.25, 0.3) is 11.3 Å². The fourth-order valence-electron chi connectivity index (χ4n) is 2.03. The molecule has 106 valence electrons. The zero-order valence-corrected chi connectivity index (χ0v) is 11.1. The van der Waals surface area contributed by atoms with Gasteiger partial charge in [-0.2, -0.15) is 5.10 Å². The van der Waals surface area contributed by atoms with E-state index in [1.165, 1.54) is 31.0 Å². The number of nitrogens with zero attached hydrogens (tertiary/aromatic N) is 2. The summed E-state index contributed by atoms with van der Waals surface area (Å²) in [5.74, 6) is -2.65. The number of halogens is 1. The number of benzene rings is 1. The number of ether oxygens (including phenoxy) is 1. The van der Waals surface area contributed by atoms with E-state index in [2.05, 4.69) is 5.10 Å². The van der Waals surface area contributed by atoms with Gasteiger partial charge in [-0.1, -0.05) is 0 Å². The maximum Gasteiger partial charge on any atom is 0.356 e. The molecule has 20 heavy (non-hydrogen) atoms. The van der Waals surface area contributed by atoms with Gasteiger partial charge < -0.3 is 14.9 Å². The normalized spacial score (nSPS) is 10.6. The van der Waals surface area contributed by atoms with Crippen LogP contribution in [0.2, 0.25) is 0 Å². The highest BCUT2D eigenvalue weighted by atomic mass is 19.1. The fourth-order valence-corrected chi connectivity index (χ4v) is 2.03. The summed E-state index contributed by atoms with van der Waals surface area (Å²) in [5.41, 5.74) is 0.638. The molecule has 0 bridgehead atoms. The number of rotatable bonds is 3. The number of aromatic nitrogens is 2. The molecule has 0 amide bonds.